The summed E-state index contributed by atoms with van der Waals surface area (Å²) in [5.41, 5.74) is 6.39. The Morgan fingerprint density at radius 3 is 1.71 bits per heavy atom. The first-order valence-electron chi connectivity index (χ1n) is 10.5. The molecule has 4 aromatic carbocycles. The molecule has 1 nitrogen and oxygen atoms in total. The van der Waals surface area contributed by atoms with Crippen molar-refractivity contribution in [2.24, 2.45) is 7.05 Å². The molecule has 0 radical (unpaired) electrons. The molecule has 2 heteroatoms. The Morgan fingerprint density at radius 1 is 0.516 bits per heavy atom. The van der Waals surface area contributed by atoms with Crippen LogP contribution in [0.3, 0.4) is 0 Å². The molecular formula is C29H21NS. The molecule has 0 aliphatic rings. The first kappa shape index (κ1) is 18.2. The van der Waals surface area contributed by atoms with Gasteiger partial charge in [0.25, 0.3) is 0 Å². The lowest BCUT2D eigenvalue weighted by Crippen LogP contribution is -1.91. The van der Waals surface area contributed by atoms with Gasteiger partial charge in [-0.05, 0) is 17.2 Å². The Hall–Kier alpha value is -3.62. The Morgan fingerprint density at radius 2 is 1.03 bits per heavy atom. The third kappa shape index (κ3) is 2.83. The molecule has 0 amide bonds. The van der Waals surface area contributed by atoms with Gasteiger partial charge < -0.3 is 4.57 Å². The molecule has 0 aliphatic carbocycles. The first-order chi connectivity index (χ1) is 15.3. The van der Waals surface area contributed by atoms with E-state index >= 15 is 0 Å². The minimum absolute atomic E-state index is 1.26. The quantitative estimate of drug-likeness (QED) is 0.273. The van der Waals surface area contributed by atoms with Gasteiger partial charge in [-0.2, -0.15) is 0 Å². The molecule has 148 valence electrons. The highest BCUT2D eigenvalue weighted by Gasteiger charge is 2.22. The van der Waals surface area contributed by atoms with Gasteiger partial charge in [0, 0.05) is 39.2 Å². The second-order valence-corrected chi connectivity index (χ2v) is 8.86. The van der Waals surface area contributed by atoms with E-state index in [0.29, 0.717) is 0 Å². The van der Waals surface area contributed by atoms with Crippen molar-refractivity contribution in [1.82, 2.24) is 4.57 Å². The zero-order chi connectivity index (χ0) is 20.8. The minimum Gasteiger partial charge on any atom is -0.342 e. The lowest BCUT2D eigenvalue weighted by atomic mass is 9.99. The van der Waals surface area contributed by atoms with E-state index in [1.165, 1.54) is 53.8 Å². The summed E-state index contributed by atoms with van der Waals surface area (Å²) in [6.45, 7) is 0. The third-order valence-corrected chi connectivity index (χ3v) is 7.32. The maximum Gasteiger partial charge on any atom is 0.0676 e. The summed E-state index contributed by atoms with van der Waals surface area (Å²) in [5, 5.41) is 3.93. The van der Waals surface area contributed by atoms with E-state index in [4.69, 9.17) is 0 Å². The summed E-state index contributed by atoms with van der Waals surface area (Å²) in [6.07, 6.45) is 0. The monoisotopic (exact) mass is 415 g/mol. The normalized spacial score (nSPS) is 11.4. The van der Waals surface area contributed by atoms with Gasteiger partial charge >= 0.3 is 0 Å². The summed E-state index contributed by atoms with van der Waals surface area (Å²) in [6, 6.07) is 39.1. The molecule has 0 saturated carbocycles. The van der Waals surface area contributed by atoms with Crippen LogP contribution in [0, 0.1) is 0 Å². The molecule has 6 rings (SSSR count). The van der Waals surface area contributed by atoms with Crippen molar-refractivity contribution in [2.45, 2.75) is 0 Å². The SMILES string of the molecule is Cn1c(-c2sc(-c3ccccc3)c3ccccc23)c(-c2ccccc2)c2ccccc21. The summed E-state index contributed by atoms with van der Waals surface area (Å²) in [4.78, 5) is 2.66. The van der Waals surface area contributed by atoms with Crippen LogP contribution in [0.25, 0.3) is 53.8 Å². The lowest BCUT2D eigenvalue weighted by molar-refractivity contribution is 0.983. The van der Waals surface area contributed by atoms with Crippen molar-refractivity contribution in [3.05, 3.63) is 109 Å². The highest BCUT2D eigenvalue weighted by atomic mass is 32.1. The van der Waals surface area contributed by atoms with Crippen LogP contribution in [-0.4, -0.2) is 4.57 Å². The van der Waals surface area contributed by atoms with Gasteiger partial charge in [-0.1, -0.05) is 103 Å². The zero-order valence-corrected chi connectivity index (χ0v) is 18.1. The van der Waals surface area contributed by atoms with Crippen molar-refractivity contribution in [2.75, 3.05) is 0 Å². The molecule has 2 aromatic heterocycles. The lowest BCUT2D eigenvalue weighted by Gasteiger charge is -2.08. The number of nitrogens with zero attached hydrogens (tertiary/aromatic N) is 1. The number of benzene rings is 4. The smallest absolute Gasteiger partial charge is 0.0676 e. The highest BCUT2D eigenvalue weighted by Crippen LogP contribution is 2.49. The first-order valence-corrected chi connectivity index (χ1v) is 11.3. The van der Waals surface area contributed by atoms with Crippen LogP contribution in [0.2, 0.25) is 0 Å². The Bertz CT molecular complexity index is 1520. The summed E-state index contributed by atoms with van der Waals surface area (Å²) in [5.74, 6) is 0. The summed E-state index contributed by atoms with van der Waals surface area (Å²) < 4.78 is 2.37. The largest absolute Gasteiger partial charge is 0.342 e. The topological polar surface area (TPSA) is 4.93 Å². The van der Waals surface area contributed by atoms with Crippen LogP contribution < -0.4 is 0 Å². The van der Waals surface area contributed by atoms with Crippen LogP contribution in [-0.2, 0) is 7.05 Å². The minimum atomic E-state index is 1.26. The van der Waals surface area contributed by atoms with E-state index in [2.05, 4.69) is 121 Å². The number of rotatable bonds is 3. The van der Waals surface area contributed by atoms with E-state index in [1.54, 1.807) is 0 Å². The fourth-order valence-corrected chi connectivity index (χ4v) is 6.00. The molecule has 0 spiro atoms. The second kappa shape index (κ2) is 7.26. The van der Waals surface area contributed by atoms with E-state index in [-0.39, 0.29) is 0 Å². The van der Waals surface area contributed by atoms with Crippen LogP contribution in [0.5, 0.6) is 0 Å². The van der Waals surface area contributed by atoms with Crippen LogP contribution in [0.1, 0.15) is 0 Å². The second-order valence-electron chi connectivity index (χ2n) is 7.84. The molecule has 6 aromatic rings. The zero-order valence-electron chi connectivity index (χ0n) is 17.2. The molecule has 0 N–H and O–H groups in total. The maximum atomic E-state index is 2.37. The van der Waals surface area contributed by atoms with Crippen molar-refractivity contribution in [3.8, 4) is 32.1 Å². The van der Waals surface area contributed by atoms with Crippen molar-refractivity contribution < 1.29 is 0 Å². The number of para-hydroxylation sites is 1. The molecule has 0 saturated heterocycles. The number of aryl methyl sites for hydroxylation is 1. The molecular weight excluding hydrogens is 394 g/mol. The Kier molecular flexibility index (Phi) is 4.26. The predicted molar refractivity (Wildman–Crippen MR) is 135 cm³/mol. The van der Waals surface area contributed by atoms with Gasteiger partial charge in [0.2, 0.25) is 0 Å². The van der Waals surface area contributed by atoms with Crippen LogP contribution in [0.15, 0.2) is 109 Å². The molecule has 0 fully saturated rings. The fourth-order valence-electron chi connectivity index (χ4n) is 4.63. The van der Waals surface area contributed by atoms with Gasteiger partial charge in [-0.3, -0.25) is 0 Å². The molecule has 0 atom stereocenters. The molecule has 0 aliphatic heterocycles. The fraction of sp³-hybridized carbons (Fsp3) is 0.0345. The van der Waals surface area contributed by atoms with E-state index in [0.717, 1.165) is 0 Å². The van der Waals surface area contributed by atoms with E-state index in [1.807, 2.05) is 11.3 Å². The Balaban J connectivity index is 1.74. The van der Waals surface area contributed by atoms with Gasteiger partial charge in [0.15, 0.2) is 0 Å². The average Bonchev–Trinajstić information content (AvgIpc) is 3.36. The number of hydrogen-bond donors (Lipinski definition) is 0. The Labute approximate surface area is 185 Å². The average molecular weight is 416 g/mol. The van der Waals surface area contributed by atoms with Crippen LogP contribution in [0.4, 0.5) is 0 Å². The number of aromatic nitrogens is 1. The van der Waals surface area contributed by atoms with Crippen molar-refractivity contribution >= 4 is 33.0 Å². The summed E-state index contributed by atoms with van der Waals surface area (Å²) in [7, 11) is 2.20. The molecule has 2 heterocycles. The number of fused-ring (bicyclic) bond motifs is 2. The molecule has 0 bridgehead atoms. The molecule has 0 unspecified atom stereocenters. The highest BCUT2D eigenvalue weighted by molar-refractivity contribution is 7.21. The van der Waals surface area contributed by atoms with E-state index < -0.39 is 0 Å². The number of hydrogen-bond acceptors (Lipinski definition) is 1. The van der Waals surface area contributed by atoms with Crippen molar-refractivity contribution in [1.29, 1.82) is 0 Å². The van der Waals surface area contributed by atoms with Gasteiger partial charge in [0.05, 0.1) is 10.6 Å². The predicted octanol–water partition coefficient (Wildman–Crippen LogP) is 8.39. The summed E-state index contributed by atoms with van der Waals surface area (Å²) >= 11 is 1.90. The van der Waals surface area contributed by atoms with Gasteiger partial charge in [0.1, 0.15) is 0 Å². The van der Waals surface area contributed by atoms with Crippen LogP contribution >= 0.6 is 11.3 Å². The third-order valence-electron chi connectivity index (χ3n) is 6.04. The van der Waals surface area contributed by atoms with E-state index in [9.17, 15) is 0 Å². The van der Waals surface area contributed by atoms with Crippen molar-refractivity contribution in [3.63, 3.8) is 0 Å². The van der Waals surface area contributed by atoms with Gasteiger partial charge in [-0.15, -0.1) is 11.3 Å². The molecule has 31 heavy (non-hydrogen) atoms. The standard InChI is InChI=1S/C29H21NS/c1-30-25-19-11-10-18-24(25)26(20-12-4-2-5-13-20)27(30)29-23-17-9-8-16-22(23)28(31-29)21-14-6-3-7-15-21/h2-19H,1H3. The van der Waals surface area contributed by atoms with Gasteiger partial charge in [-0.25, -0.2) is 0 Å². The number of thiophene rings is 1. The maximum absolute atomic E-state index is 2.37.